The van der Waals surface area contributed by atoms with E-state index in [0.717, 1.165) is 5.56 Å². The van der Waals surface area contributed by atoms with E-state index in [4.69, 9.17) is 9.84 Å². The van der Waals surface area contributed by atoms with Crippen LogP contribution in [0.3, 0.4) is 0 Å². The average molecular weight is 288 g/mol. The van der Waals surface area contributed by atoms with Crippen molar-refractivity contribution >= 4 is 17.6 Å². The molecule has 0 saturated heterocycles. The SMILES string of the molecule is COc1cccc(CC(=O)Nc2cc(C)[nH]c2C(=O)O)c1. The summed E-state index contributed by atoms with van der Waals surface area (Å²) in [6.07, 6.45) is 0.139. The van der Waals surface area contributed by atoms with Crippen LogP contribution in [0.2, 0.25) is 0 Å². The Morgan fingerprint density at radius 3 is 2.76 bits per heavy atom. The summed E-state index contributed by atoms with van der Waals surface area (Å²) < 4.78 is 5.09. The number of anilines is 1. The zero-order valence-electron chi connectivity index (χ0n) is 11.8. The maximum Gasteiger partial charge on any atom is 0.354 e. The van der Waals surface area contributed by atoms with Crippen molar-refractivity contribution in [1.29, 1.82) is 0 Å². The molecule has 2 aromatic rings. The molecular weight excluding hydrogens is 272 g/mol. The van der Waals surface area contributed by atoms with Gasteiger partial charge in [0.1, 0.15) is 11.4 Å². The number of H-pyrrole nitrogens is 1. The maximum atomic E-state index is 12.0. The van der Waals surface area contributed by atoms with Crippen molar-refractivity contribution in [2.24, 2.45) is 0 Å². The minimum absolute atomic E-state index is 0.0218. The Kier molecular flexibility index (Phi) is 4.27. The van der Waals surface area contributed by atoms with Crippen molar-refractivity contribution in [2.45, 2.75) is 13.3 Å². The lowest BCUT2D eigenvalue weighted by Gasteiger charge is -2.06. The number of hydrogen-bond acceptors (Lipinski definition) is 3. The summed E-state index contributed by atoms with van der Waals surface area (Å²) in [6, 6.07) is 8.75. The number of aromatic amines is 1. The molecule has 110 valence electrons. The molecule has 6 heteroatoms. The molecule has 0 saturated carbocycles. The summed E-state index contributed by atoms with van der Waals surface area (Å²) in [4.78, 5) is 25.8. The summed E-state index contributed by atoms with van der Waals surface area (Å²) in [6.45, 7) is 1.73. The number of hydrogen-bond donors (Lipinski definition) is 3. The first-order valence-corrected chi connectivity index (χ1v) is 6.35. The molecule has 0 aliphatic rings. The number of rotatable bonds is 5. The molecule has 3 N–H and O–H groups in total. The van der Waals surface area contributed by atoms with Gasteiger partial charge in [0.15, 0.2) is 0 Å². The molecule has 0 aliphatic heterocycles. The molecule has 6 nitrogen and oxygen atoms in total. The van der Waals surface area contributed by atoms with E-state index in [-0.39, 0.29) is 23.7 Å². The molecule has 0 bridgehead atoms. The van der Waals surface area contributed by atoms with Crippen LogP contribution in [0.1, 0.15) is 21.7 Å². The fourth-order valence-electron chi connectivity index (χ4n) is 2.02. The van der Waals surface area contributed by atoms with Gasteiger partial charge in [-0.05, 0) is 30.7 Å². The molecule has 1 heterocycles. The first kappa shape index (κ1) is 14.6. The number of methoxy groups -OCH3 is 1. The van der Waals surface area contributed by atoms with E-state index in [0.29, 0.717) is 11.4 Å². The lowest BCUT2D eigenvalue weighted by Crippen LogP contribution is -2.16. The van der Waals surface area contributed by atoms with Crippen LogP contribution in [-0.4, -0.2) is 29.1 Å². The molecular formula is C15H16N2O4. The highest BCUT2D eigenvalue weighted by Gasteiger charge is 2.15. The average Bonchev–Trinajstić information content (AvgIpc) is 2.79. The predicted molar refractivity (Wildman–Crippen MR) is 77.8 cm³/mol. The second-order valence-corrected chi connectivity index (χ2v) is 4.62. The number of aryl methyl sites for hydroxylation is 1. The van der Waals surface area contributed by atoms with Gasteiger partial charge in [0.25, 0.3) is 0 Å². The number of amides is 1. The van der Waals surface area contributed by atoms with Crippen LogP contribution in [0.15, 0.2) is 30.3 Å². The molecule has 0 aliphatic carbocycles. The third-order valence-corrected chi connectivity index (χ3v) is 2.94. The number of aromatic carboxylic acids is 1. The van der Waals surface area contributed by atoms with Gasteiger partial charge in [-0.3, -0.25) is 4.79 Å². The van der Waals surface area contributed by atoms with Crippen LogP contribution in [0.4, 0.5) is 5.69 Å². The van der Waals surface area contributed by atoms with E-state index in [9.17, 15) is 9.59 Å². The van der Waals surface area contributed by atoms with E-state index in [1.54, 1.807) is 38.3 Å². The zero-order chi connectivity index (χ0) is 15.4. The topological polar surface area (TPSA) is 91.4 Å². The van der Waals surface area contributed by atoms with Gasteiger partial charge in [-0.15, -0.1) is 0 Å². The second kappa shape index (κ2) is 6.13. The smallest absolute Gasteiger partial charge is 0.354 e. The molecule has 2 rings (SSSR count). The minimum Gasteiger partial charge on any atom is -0.497 e. The molecule has 1 aromatic heterocycles. The number of benzene rings is 1. The fraction of sp³-hybridized carbons (Fsp3) is 0.200. The van der Waals surface area contributed by atoms with Crippen LogP contribution in [0.5, 0.6) is 5.75 Å². The van der Waals surface area contributed by atoms with Crippen LogP contribution in [0, 0.1) is 6.92 Å². The largest absolute Gasteiger partial charge is 0.497 e. The maximum absolute atomic E-state index is 12.0. The molecule has 0 atom stereocenters. The van der Waals surface area contributed by atoms with Gasteiger partial charge in [-0.25, -0.2) is 4.79 Å². The molecule has 1 amide bonds. The number of carboxylic acid groups (broad SMARTS) is 1. The van der Waals surface area contributed by atoms with Gasteiger partial charge in [-0.2, -0.15) is 0 Å². The van der Waals surface area contributed by atoms with Crippen molar-refractivity contribution in [3.05, 3.63) is 47.3 Å². The Hall–Kier alpha value is -2.76. The summed E-state index contributed by atoms with van der Waals surface area (Å²) in [7, 11) is 1.56. The lowest BCUT2D eigenvalue weighted by molar-refractivity contribution is -0.115. The van der Waals surface area contributed by atoms with Crippen molar-refractivity contribution in [3.63, 3.8) is 0 Å². The Morgan fingerprint density at radius 2 is 2.10 bits per heavy atom. The van der Waals surface area contributed by atoms with E-state index < -0.39 is 5.97 Å². The number of carbonyl (C=O) groups excluding carboxylic acids is 1. The number of carboxylic acids is 1. The van der Waals surface area contributed by atoms with Gasteiger partial charge in [0, 0.05) is 5.69 Å². The highest BCUT2D eigenvalue weighted by Crippen LogP contribution is 2.18. The van der Waals surface area contributed by atoms with Crippen LogP contribution in [0.25, 0.3) is 0 Å². The number of aromatic nitrogens is 1. The molecule has 0 radical (unpaired) electrons. The molecule has 0 fully saturated rings. The number of carbonyl (C=O) groups is 2. The van der Waals surface area contributed by atoms with Gasteiger partial charge in [-0.1, -0.05) is 12.1 Å². The molecule has 0 spiro atoms. The van der Waals surface area contributed by atoms with Gasteiger partial charge in [0.2, 0.25) is 5.91 Å². The lowest BCUT2D eigenvalue weighted by atomic mass is 10.1. The van der Waals surface area contributed by atoms with E-state index in [2.05, 4.69) is 10.3 Å². The Labute approximate surface area is 121 Å². The fourth-order valence-corrected chi connectivity index (χ4v) is 2.02. The summed E-state index contributed by atoms with van der Waals surface area (Å²) >= 11 is 0. The number of nitrogens with one attached hydrogen (secondary N) is 2. The Morgan fingerprint density at radius 1 is 1.33 bits per heavy atom. The standard InChI is InChI=1S/C15H16N2O4/c1-9-6-12(14(16-9)15(19)20)17-13(18)8-10-4-3-5-11(7-10)21-2/h3-7,16H,8H2,1-2H3,(H,17,18)(H,19,20). The van der Waals surface area contributed by atoms with E-state index in [1.807, 2.05) is 6.07 Å². The normalized spacial score (nSPS) is 10.2. The quantitative estimate of drug-likeness (QED) is 0.786. The van der Waals surface area contributed by atoms with Crippen LogP contribution < -0.4 is 10.1 Å². The second-order valence-electron chi connectivity index (χ2n) is 4.62. The molecule has 0 unspecified atom stereocenters. The van der Waals surface area contributed by atoms with Crippen molar-refractivity contribution in [3.8, 4) is 5.75 Å². The highest BCUT2D eigenvalue weighted by molar-refractivity contribution is 6.00. The van der Waals surface area contributed by atoms with Crippen molar-refractivity contribution < 1.29 is 19.4 Å². The third kappa shape index (κ3) is 3.62. The van der Waals surface area contributed by atoms with Crippen molar-refractivity contribution in [2.75, 3.05) is 12.4 Å². The first-order valence-electron chi connectivity index (χ1n) is 6.35. The van der Waals surface area contributed by atoms with Crippen LogP contribution in [-0.2, 0) is 11.2 Å². The minimum atomic E-state index is -1.11. The predicted octanol–water partition coefficient (Wildman–Crippen LogP) is 2.21. The monoisotopic (exact) mass is 288 g/mol. The van der Waals surface area contributed by atoms with Crippen LogP contribution >= 0.6 is 0 Å². The van der Waals surface area contributed by atoms with E-state index in [1.165, 1.54) is 0 Å². The van der Waals surface area contributed by atoms with E-state index >= 15 is 0 Å². The molecule has 1 aromatic carbocycles. The summed E-state index contributed by atoms with van der Waals surface area (Å²) in [5, 5.41) is 11.7. The summed E-state index contributed by atoms with van der Waals surface area (Å²) in [5.74, 6) is -0.728. The highest BCUT2D eigenvalue weighted by atomic mass is 16.5. The summed E-state index contributed by atoms with van der Waals surface area (Å²) in [5.41, 5.74) is 1.71. The Bertz CT molecular complexity index is 676. The number of ether oxygens (including phenoxy) is 1. The molecule has 21 heavy (non-hydrogen) atoms. The Balaban J connectivity index is 2.09. The van der Waals surface area contributed by atoms with Crippen molar-refractivity contribution in [1.82, 2.24) is 4.98 Å². The third-order valence-electron chi connectivity index (χ3n) is 2.94. The first-order chi connectivity index (χ1) is 9.99. The zero-order valence-corrected chi connectivity index (χ0v) is 11.8. The van der Waals surface area contributed by atoms with Gasteiger partial charge in [0.05, 0.1) is 19.2 Å². The van der Waals surface area contributed by atoms with Gasteiger partial charge < -0.3 is 20.1 Å². The van der Waals surface area contributed by atoms with Gasteiger partial charge >= 0.3 is 5.97 Å².